The summed E-state index contributed by atoms with van der Waals surface area (Å²) < 4.78 is 25.6. The van der Waals surface area contributed by atoms with Crippen LogP contribution in [0.5, 0.6) is 0 Å². The average molecular weight is 405 g/mol. The van der Waals surface area contributed by atoms with E-state index in [1.165, 1.54) is 0 Å². The van der Waals surface area contributed by atoms with Crippen LogP contribution in [0.1, 0.15) is 21.5 Å². The fourth-order valence-corrected chi connectivity index (χ4v) is 3.97. The van der Waals surface area contributed by atoms with Crippen molar-refractivity contribution in [1.82, 2.24) is 9.97 Å². The number of benzene rings is 2. The van der Waals surface area contributed by atoms with E-state index in [2.05, 4.69) is 14.7 Å². The monoisotopic (exact) mass is 405 g/mol. The van der Waals surface area contributed by atoms with Crippen LogP contribution in [0.15, 0.2) is 67.0 Å². The maximum Gasteiger partial charge on any atom is 0.229 e. The lowest BCUT2D eigenvalue weighted by Crippen LogP contribution is -2.09. The van der Waals surface area contributed by atoms with Gasteiger partial charge in [0.25, 0.3) is 0 Å². The van der Waals surface area contributed by atoms with Crippen molar-refractivity contribution in [2.75, 3.05) is 11.0 Å². The highest BCUT2D eigenvalue weighted by molar-refractivity contribution is 7.92. The summed E-state index contributed by atoms with van der Waals surface area (Å²) in [7, 11) is -3.39. The van der Waals surface area contributed by atoms with Crippen LogP contribution in [0.25, 0.3) is 22.2 Å². The number of hydrogen-bond donors (Lipinski definition) is 2. The highest BCUT2D eigenvalue weighted by atomic mass is 32.2. The Labute approximate surface area is 168 Å². The van der Waals surface area contributed by atoms with Crippen LogP contribution in [0.4, 0.5) is 5.69 Å². The van der Waals surface area contributed by atoms with Gasteiger partial charge in [0.1, 0.15) is 5.65 Å². The number of nitrogens with one attached hydrogen (secondary N) is 2. The zero-order valence-electron chi connectivity index (χ0n) is 15.9. The Balaban J connectivity index is 1.88. The minimum atomic E-state index is -3.39. The van der Waals surface area contributed by atoms with Crippen molar-refractivity contribution in [2.24, 2.45) is 0 Å². The summed E-state index contributed by atoms with van der Waals surface area (Å²) in [4.78, 5) is 20.7. The highest BCUT2D eigenvalue weighted by Crippen LogP contribution is 2.32. The second-order valence-corrected chi connectivity index (χ2v) is 8.63. The van der Waals surface area contributed by atoms with Gasteiger partial charge >= 0.3 is 0 Å². The van der Waals surface area contributed by atoms with Crippen molar-refractivity contribution in [3.8, 4) is 11.1 Å². The van der Waals surface area contributed by atoms with Crippen LogP contribution in [-0.4, -0.2) is 30.4 Å². The van der Waals surface area contributed by atoms with Gasteiger partial charge in [-0.15, -0.1) is 0 Å². The largest absolute Gasteiger partial charge is 0.345 e. The lowest BCUT2D eigenvalue weighted by Gasteiger charge is -2.10. The number of sulfonamides is 1. The van der Waals surface area contributed by atoms with E-state index in [-0.39, 0.29) is 5.78 Å². The SMILES string of the molecule is Cc1ccccc1C(=O)c1c[nH]c2nccc(-c3cccc(NS(C)(=O)=O)c3)c12. The number of aromatic nitrogens is 2. The number of aromatic amines is 1. The van der Waals surface area contributed by atoms with E-state index in [0.717, 1.165) is 22.9 Å². The summed E-state index contributed by atoms with van der Waals surface area (Å²) in [6, 6.07) is 16.3. The third-order valence-corrected chi connectivity index (χ3v) is 5.29. The van der Waals surface area contributed by atoms with Crippen LogP contribution in [0.3, 0.4) is 0 Å². The van der Waals surface area contributed by atoms with E-state index < -0.39 is 10.0 Å². The number of anilines is 1. The number of carbonyl (C=O) groups is 1. The number of ketones is 1. The molecule has 0 atom stereocenters. The summed E-state index contributed by atoms with van der Waals surface area (Å²) >= 11 is 0. The average Bonchev–Trinajstić information content (AvgIpc) is 3.11. The number of fused-ring (bicyclic) bond motifs is 1. The number of aryl methyl sites for hydroxylation is 1. The zero-order chi connectivity index (χ0) is 20.6. The maximum absolute atomic E-state index is 13.2. The molecule has 0 aliphatic carbocycles. The Bertz CT molecular complexity index is 1340. The first kappa shape index (κ1) is 18.9. The molecular formula is C22H19N3O3S. The van der Waals surface area contributed by atoms with Gasteiger partial charge in [0.05, 0.1) is 11.8 Å². The molecule has 0 saturated heterocycles. The number of nitrogens with zero attached hydrogens (tertiary/aromatic N) is 1. The third kappa shape index (κ3) is 3.77. The summed E-state index contributed by atoms with van der Waals surface area (Å²) in [6.07, 6.45) is 4.44. The first-order chi connectivity index (χ1) is 13.8. The molecule has 4 aromatic rings. The summed E-state index contributed by atoms with van der Waals surface area (Å²) in [5, 5.41) is 0.706. The molecule has 0 aliphatic rings. The molecule has 2 heterocycles. The molecule has 0 aliphatic heterocycles. The normalized spacial score (nSPS) is 11.5. The number of carbonyl (C=O) groups excluding carboxylic acids is 1. The molecule has 146 valence electrons. The Morgan fingerprint density at radius 1 is 1.03 bits per heavy atom. The fourth-order valence-electron chi connectivity index (χ4n) is 3.41. The topological polar surface area (TPSA) is 91.9 Å². The molecule has 0 saturated carbocycles. The Morgan fingerprint density at radius 3 is 2.59 bits per heavy atom. The van der Waals surface area contributed by atoms with Gasteiger partial charge < -0.3 is 4.98 Å². The van der Waals surface area contributed by atoms with Gasteiger partial charge in [-0.25, -0.2) is 13.4 Å². The van der Waals surface area contributed by atoms with Crippen molar-refractivity contribution in [1.29, 1.82) is 0 Å². The van der Waals surface area contributed by atoms with Crippen LogP contribution >= 0.6 is 0 Å². The summed E-state index contributed by atoms with van der Waals surface area (Å²) in [5.41, 5.74) is 4.69. The smallest absolute Gasteiger partial charge is 0.229 e. The van der Waals surface area contributed by atoms with Gasteiger partial charge in [-0.1, -0.05) is 36.4 Å². The van der Waals surface area contributed by atoms with Crippen molar-refractivity contribution in [3.63, 3.8) is 0 Å². The Morgan fingerprint density at radius 2 is 1.83 bits per heavy atom. The minimum Gasteiger partial charge on any atom is -0.345 e. The van der Waals surface area contributed by atoms with E-state index in [1.54, 1.807) is 30.6 Å². The molecule has 4 rings (SSSR count). The van der Waals surface area contributed by atoms with Gasteiger partial charge in [0, 0.05) is 29.0 Å². The van der Waals surface area contributed by atoms with E-state index in [9.17, 15) is 13.2 Å². The lowest BCUT2D eigenvalue weighted by molar-refractivity contribution is 0.103. The second kappa shape index (κ2) is 7.18. The summed E-state index contributed by atoms with van der Waals surface area (Å²) in [5.74, 6) is -0.0889. The molecule has 0 spiro atoms. The number of pyridine rings is 1. The van der Waals surface area contributed by atoms with E-state index >= 15 is 0 Å². The molecule has 2 aromatic carbocycles. The predicted octanol–water partition coefficient (Wildman–Crippen LogP) is 4.14. The minimum absolute atomic E-state index is 0.0889. The second-order valence-electron chi connectivity index (χ2n) is 6.88. The van der Waals surface area contributed by atoms with E-state index in [4.69, 9.17) is 0 Å². The standard InChI is InChI=1S/C22H19N3O3S/c1-14-6-3-4-9-17(14)21(26)19-13-24-22-20(19)18(10-11-23-22)15-7-5-8-16(12-15)25-29(2,27)28/h3-13,25H,1-2H3,(H,23,24). The van der Waals surface area contributed by atoms with Crippen LogP contribution in [0, 0.1) is 6.92 Å². The maximum atomic E-state index is 13.2. The number of H-pyrrole nitrogens is 1. The third-order valence-electron chi connectivity index (χ3n) is 4.68. The van der Waals surface area contributed by atoms with Gasteiger partial charge in [-0.3, -0.25) is 9.52 Å². The molecule has 6 nitrogen and oxygen atoms in total. The van der Waals surface area contributed by atoms with Crippen molar-refractivity contribution in [2.45, 2.75) is 6.92 Å². The highest BCUT2D eigenvalue weighted by Gasteiger charge is 2.19. The van der Waals surface area contributed by atoms with Gasteiger partial charge in [0.15, 0.2) is 5.78 Å². The molecule has 2 N–H and O–H groups in total. The fraction of sp³-hybridized carbons (Fsp3) is 0.0909. The zero-order valence-corrected chi connectivity index (χ0v) is 16.7. The molecule has 0 bridgehead atoms. The van der Waals surface area contributed by atoms with Crippen LogP contribution < -0.4 is 4.72 Å². The van der Waals surface area contributed by atoms with E-state index in [0.29, 0.717) is 27.8 Å². The van der Waals surface area contributed by atoms with Crippen molar-refractivity contribution in [3.05, 3.63) is 83.7 Å². The first-order valence-corrected chi connectivity index (χ1v) is 10.9. The number of rotatable bonds is 5. The molecule has 0 fully saturated rings. The molecule has 0 radical (unpaired) electrons. The molecule has 7 heteroatoms. The predicted molar refractivity (Wildman–Crippen MR) is 115 cm³/mol. The molecular weight excluding hydrogens is 386 g/mol. The number of hydrogen-bond acceptors (Lipinski definition) is 4. The van der Waals surface area contributed by atoms with Gasteiger partial charge in [-0.05, 0) is 41.8 Å². The van der Waals surface area contributed by atoms with Crippen molar-refractivity contribution >= 4 is 32.5 Å². The van der Waals surface area contributed by atoms with Crippen LogP contribution in [-0.2, 0) is 10.0 Å². The molecule has 0 amide bonds. The molecule has 2 aromatic heterocycles. The molecule has 0 unspecified atom stereocenters. The van der Waals surface area contributed by atoms with Crippen LogP contribution in [0.2, 0.25) is 0 Å². The van der Waals surface area contributed by atoms with E-state index in [1.807, 2.05) is 43.3 Å². The summed E-state index contributed by atoms with van der Waals surface area (Å²) in [6.45, 7) is 1.90. The lowest BCUT2D eigenvalue weighted by atomic mass is 9.95. The Hall–Kier alpha value is -3.45. The van der Waals surface area contributed by atoms with Gasteiger partial charge in [0.2, 0.25) is 10.0 Å². The van der Waals surface area contributed by atoms with Crippen molar-refractivity contribution < 1.29 is 13.2 Å². The molecule has 29 heavy (non-hydrogen) atoms. The first-order valence-electron chi connectivity index (χ1n) is 8.98. The van der Waals surface area contributed by atoms with Gasteiger partial charge in [-0.2, -0.15) is 0 Å². The quantitative estimate of drug-likeness (QED) is 0.488. The Kier molecular flexibility index (Phi) is 4.68.